The van der Waals surface area contributed by atoms with E-state index in [1.165, 1.54) is 0 Å². The largest absolute Gasteiger partial charge is 0.459 e. The van der Waals surface area contributed by atoms with E-state index < -0.39 is 5.97 Å². The van der Waals surface area contributed by atoms with Crippen LogP contribution in [0.3, 0.4) is 0 Å². The number of nitrogens with zero attached hydrogens (tertiary/aromatic N) is 1. The molecule has 0 amide bonds. The Morgan fingerprint density at radius 1 is 1.32 bits per heavy atom. The molecule has 0 radical (unpaired) electrons. The van der Waals surface area contributed by atoms with E-state index in [1.54, 1.807) is 6.92 Å². The van der Waals surface area contributed by atoms with Crippen molar-refractivity contribution in [2.24, 2.45) is 0 Å². The van der Waals surface area contributed by atoms with E-state index >= 15 is 0 Å². The number of carbonyl (C=O) groups is 1. The Labute approximate surface area is 129 Å². The molecule has 0 N–H and O–H groups in total. The molecular weight excluding hydrogens is 282 g/mol. The zero-order valence-corrected chi connectivity index (χ0v) is 12.6. The standard InChI is InChI=1S/C17H19NO4/c1-12-15(16(18-22-12)13-7-3-2-4-8-13)17(19)21-11-14-9-5-6-10-20-14/h2-4,7-8,14H,5-6,9-11H2,1H3. The van der Waals surface area contributed by atoms with Crippen molar-refractivity contribution in [3.63, 3.8) is 0 Å². The molecular formula is C17H19NO4. The summed E-state index contributed by atoms with van der Waals surface area (Å²) < 4.78 is 16.2. The van der Waals surface area contributed by atoms with E-state index in [0.717, 1.165) is 31.4 Å². The Kier molecular flexibility index (Phi) is 4.53. The van der Waals surface area contributed by atoms with Gasteiger partial charge in [-0.05, 0) is 26.2 Å². The molecule has 1 aliphatic heterocycles. The summed E-state index contributed by atoms with van der Waals surface area (Å²) in [7, 11) is 0. The lowest BCUT2D eigenvalue weighted by Crippen LogP contribution is -2.26. The van der Waals surface area contributed by atoms with Crippen LogP contribution in [0.5, 0.6) is 0 Å². The van der Waals surface area contributed by atoms with E-state index in [9.17, 15) is 4.79 Å². The lowest BCUT2D eigenvalue weighted by molar-refractivity contribution is -0.0300. The summed E-state index contributed by atoms with van der Waals surface area (Å²) in [5.74, 6) is 0.0557. The lowest BCUT2D eigenvalue weighted by Gasteiger charge is -2.22. The normalized spacial score (nSPS) is 18.1. The summed E-state index contributed by atoms with van der Waals surface area (Å²) in [6.45, 7) is 2.73. The molecule has 0 spiro atoms. The number of ether oxygens (including phenoxy) is 2. The number of rotatable bonds is 4. The van der Waals surface area contributed by atoms with Crippen molar-refractivity contribution in [1.82, 2.24) is 5.16 Å². The molecule has 22 heavy (non-hydrogen) atoms. The van der Waals surface area contributed by atoms with Gasteiger partial charge in [0, 0.05) is 12.2 Å². The number of carbonyl (C=O) groups excluding carboxylic acids is 1. The maximum atomic E-state index is 12.4. The SMILES string of the molecule is Cc1onc(-c2ccccc2)c1C(=O)OCC1CCCCO1. The highest BCUT2D eigenvalue weighted by molar-refractivity contribution is 5.97. The van der Waals surface area contributed by atoms with Crippen molar-refractivity contribution in [1.29, 1.82) is 0 Å². The molecule has 1 aromatic heterocycles. The number of hydrogen-bond donors (Lipinski definition) is 0. The van der Waals surface area contributed by atoms with Crippen molar-refractivity contribution in [2.75, 3.05) is 13.2 Å². The fourth-order valence-corrected chi connectivity index (χ4v) is 2.59. The number of aromatic nitrogens is 1. The maximum Gasteiger partial charge on any atom is 0.344 e. The fraction of sp³-hybridized carbons (Fsp3) is 0.412. The van der Waals surface area contributed by atoms with Crippen LogP contribution < -0.4 is 0 Å². The summed E-state index contributed by atoms with van der Waals surface area (Å²) in [5.41, 5.74) is 1.75. The van der Waals surface area contributed by atoms with Crippen molar-refractivity contribution in [2.45, 2.75) is 32.3 Å². The van der Waals surface area contributed by atoms with Crippen molar-refractivity contribution in [3.8, 4) is 11.3 Å². The third kappa shape index (κ3) is 3.20. The number of benzene rings is 1. The Balaban J connectivity index is 1.73. The van der Waals surface area contributed by atoms with Crippen LogP contribution in [0.4, 0.5) is 0 Å². The molecule has 2 aromatic rings. The molecule has 1 aromatic carbocycles. The topological polar surface area (TPSA) is 61.6 Å². The van der Waals surface area contributed by atoms with Crippen LogP contribution in [-0.2, 0) is 9.47 Å². The van der Waals surface area contributed by atoms with Crippen molar-refractivity contribution < 1.29 is 18.8 Å². The monoisotopic (exact) mass is 301 g/mol. The highest BCUT2D eigenvalue weighted by Gasteiger charge is 2.24. The number of aryl methyl sites for hydroxylation is 1. The van der Waals surface area contributed by atoms with Crippen LogP contribution in [-0.4, -0.2) is 30.4 Å². The van der Waals surface area contributed by atoms with Crippen LogP contribution >= 0.6 is 0 Å². The second-order valence-corrected chi connectivity index (χ2v) is 5.42. The first-order chi connectivity index (χ1) is 10.8. The van der Waals surface area contributed by atoms with E-state index in [0.29, 0.717) is 17.0 Å². The summed E-state index contributed by atoms with van der Waals surface area (Å²) in [5, 5.41) is 3.99. The summed E-state index contributed by atoms with van der Waals surface area (Å²) in [4.78, 5) is 12.4. The molecule has 1 unspecified atom stereocenters. The lowest BCUT2D eigenvalue weighted by atomic mass is 10.1. The average Bonchev–Trinajstić information content (AvgIpc) is 2.96. The quantitative estimate of drug-likeness (QED) is 0.810. The van der Waals surface area contributed by atoms with Gasteiger partial charge in [-0.2, -0.15) is 0 Å². The van der Waals surface area contributed by atoms with E-state index in [-0.39, 0.29) is 12.7 Å². The second-order valence-electron chi connectivity index (χ2n) is 5.42. The van der Waals surface area contributed by atoms with Crippen molar-refractivity contribution >= 4 is 5.97 Å². The minimum atomic E-state index is -0.410. The van der Waals surface area contributed by atoms with Gasteiger partial charge in [0.2, 0.25) is 0 Å². The van der Waals surface area contributed by atoms with Crippen molar-refractivity contribution in [3.05, 3.63) is 41.7 Å². The van der Waals surface area contributed by atoms with E-state index in [1.807, 2.05) is 30.3 Å². The Morgan fingerprint density at radius 2 is 2.14 bits per heavy atom. The van der Waals surface area contributed by atoms with Gasteiger partial charge in [0.05, 0.1) is 6.10 Å². The van der Waals surface area contributed by atoms with Gasteiger partial charge >= 0.3 is 5.97 Å². The highest BCUT2D eigenvalue weighted by Crippen LogP contribution is 2.26. The molecule has 0 bridgehead atoms. The van der Waals surface area contributed by atoms with Gasteiger partial charge in [-0.25, -0.2) is 4.79 Å². The van der Waals surface area contributed by atoms with Gasteiger partial charge in [-0.15, -0.1) is 0 Å². The summed E-state index contributed by atoms with van der Waals surface area (Å²) in [6.07, 6.45) is 3.12. The smallest absolute Gasteiger partial charge is 0.344 e. The van der Waals surface area contributed by atoms with Gasteiger partial charge in [0.1, 0.15) is 23.6 Å². The molecule has 5 nitrogen and oxygen atoms in total. The molecule has 1 saturated heterocycles. The zero-order valence-electron chi connectivity index (χ0n) is 12.6. The predicted molar refractivity (Wildman–Crippen MR) is 80.5 cm³/mol. The first kappa shape index (κ1) is 14.8. The first-order valence-corrected chi connectivity index (χ1v) is 7.56. The molecule has 1 atom stereocenters. The van der Waals surface area contributed by atoms with Gasteiger partial charge in [0.25, 0.3) is 0 Å². The Hall–Kier alpha value is -2.14. The Morgan fingerprint density at radius 3 is 2.86 bits per heavy atom. The van der Waals surface area contributed by atoms with E-state index in [2.05, 4.69) is 5.16 Å². The van der Waals surface area contributed by atoms with Crippen LogP contribution in [0.15, 0.2) is 34.9 Å². The molecule has 0 saturated carbocycles. The van der Waals surface area contributed by atoms with E-state index in [4.69, 9.17) is 14.0 Å². The first-order valence-electron chi connectivity index (χ1n) is 7.56. The molecule has 0 aliphatic carbocycles. The Bertz CT molecular complexity index is 629. The fourth-order valence-electron chi connectivity index (χ4n) is 2.59. The second kappa shape index (κ2) is 6.75. The van der Waals surface area contributed by atoms with Gasteiger partial charge in [0.15, 0.2) is 0 Å². The van der Waals surface area contributed by atoms with Gasteiger partial charge in [-0.1, -0.05) is 35.5 Å². The predicted octanol–water partition coefficient (Wildman–Crippen LogP) is 3.38. The molecule has 2 heterocycles. The zero-order chi connectivity index (χ0) is 15.4. The van der Waals surface area contributed by atoms with Gasteiger partial charge in [-0.3, -0.25) is 0 Å². The number of hydrogen-bond acceptors (Lipinski definition) is 5. The molecule has 116 valence electrons. The summed E-state index contributed by atoms with van der Waals surface area (Å²) in [6, 6.07) is 9.47. The van der Waals surface area contributed by atoms with Crippen LogP contribution in [0, 0.1) is 6.92 Å². The van der Waals surface area contributed by atoms with Crippen LogP contribution in [0.2, 0.25) is 0 Å². The maximum absolute atomic E-state index is 12.4. The molecule has 1 fully saturated rings. The molecule has 1 aliphatic rings. The summed E-state index contributed by atoms with van der Waals surface area (Å²) >= 11 is 0. The minimum Gasteiger partial charge on any atom is -0.459 e. The molecule has 3 rings (SSSR count). The highest BCUT2D eigenvalue weighted by atomic mass is 16.6. The van der Waals surface area contributed by atoms with Crippen LogP contribution in [0.25, 0.3) is 11.3 Å². The number of esters is 1. The van der Waals surface area contributed by atoms with Gasteiger partial charge < -0.3 is 14.0 Å². The minimum absolute atomic E-state index is 0.00181. The third-order valence-electron chi connectivity index (χ3n) is 3.79. The van der Waals surface area contributed by atoms with Crippen LogP contribution in [0.1, 0.15) is 35.4 Å². The average molecular weight is 301 g/mol. The molecule has 5 heteroatoms. The third-order valence-corrected chi connectivity index (χ3v) is 3.79.